The number of benzene rings is 1. The quantitative estimate of drug-likeness (QED) is 0.870. The van der Waals surface area contributed by atoms with Crippen molar-refractivity contribution in [3.8, 4) is 0 Å². The minimum absolute atomic E-state index is 0.456. The molecule has 2 rings (SSSR count). The van der Waals surface area contributed by atoms with Gasteiger partial charge in [0.1, 0.15) is 0 Å². The van der Waals surface area contributed by atoms with Crippen molar-refractivity contribution in [3.63, 3.8) is 0 Å². The molecule has 0 unspecified atom stereocenters. The fraction of sp³-hybridized carbons (Fsp3) is 0.571. The highest BCUT2D eigenvalue weighted by molar-refractivity contribution is 6.33. The largest absolute Gasteiger partial charge is 0.389 e. The van der Waals surface area contributed by atoms with Crippen LogP contribution in [0.2, 0.25) is 5.02 Å². The van der Waals surface area contributed by atoms with E-state index in [0.717, 1.165) is 35.3 Å². The molecule has 0 aromatic heterocycles. The second kappa shape index (κ2) is 5.28. The van der Waals surface area contributed by atoms with Crippen molar-refractivity contribution >= 4 is 17.3 Å². The first-order valence-electron chi connectivity index (χ1n) is 6.30. The van der Waals surface area contributed by atoms with Crippen LogP contribution in [0, 0.1) is 5.92 Å². The second-order valence-corrected chi connectivity index (χ2v) is 5.46. The zero-order valence-corrected chi connectivity index (χ0v) is 11.2. The van der Waals surface area contributed by atoms with Gasteiger partial charge in [-0.25, -0.2) is 0 Å². The molecule has 0 radical (unpaired) electrons. The van der Waals surface area contributed by atoms with E-state index in [0.29, 0.717) is 0 Å². The Balaban J connectivity index is 2.16. The highest BCUT2D eigenvalue weighted by Gasteiger charge is 2.18. The second-order valence-electron chi connectivity index (χ2n) is 5.06. The SMILES string of the molecule is CC1CCN(c2ccc([C@@H](C)O)cc2Cl)CC1. The molecule has 1 atom stereocenters. The van der Waals surface area contributed by atoms with Gasteiger partial charge in [0.25, 0.3) is 0 Å². The summed E-state index contributed by atoms with van der Waals surface area (Å²) in [6.07, 6.45) is 2.01. The first kappa shape index (κ1) is 12.7. The van der Waals surface area contributed by atoms with E-state index >= 15 is 0 Å². The molecule has 1 heterocycles. The Bertz CT molecular complexity index is 384. The van der Waals surface area contributed by atoms with Crippen LogP contribution in [0.1, 0.15) is 38.4 Å². The van der Waals surface area contributed by atoms with Crippen LogP contribution in [0.25, 0.3) is 0 Å². The average Bonchev–Trinajstić information content (AvgIpc) is 2.30. The lowest BCUT2D eigenvalue weighted by atomic mass is 9.98. The zero-order chi connectivity index (χ0) is 12.4. The predicted octanol–water partition coefficient (Wildman–Crippen LogP) is 3.63. The van der Waals surface area contributed by atoms with Gasteiger partial charge in [-0.05, 0) is 43.4 Å². The third kappa shape index (κ3) is 2.93. The van der Waals surface area contributed by atoms with E-state index in [1.165, 1.54) is 12.8 Å². The molecule has 0 amide bonds. The van der Waals surface area contributed by atoms with Crippen molar-refractivity contribution in [1.82, 2.24) is 0 Å². The van der Waals surface area contributed by atoms with Gasteiger partial charge in [0.05, 0.1) is 16.8 Å². The Morgan fingerprint density at radius 3 is 2.53 bits per heavy atom. The van der Waals surface area contributed by atoms with Crippen molar-refractivity contribution in [2.75, 3.05) is 18.0 Å². The first-order valence-corrected chi connectivity index (χ1v) is 6.68. The summed E-state index contributed by atoms with van der Waals surface area (Å²) in [6.45, 7) is 6.22. The molecule has 1 fully saturated rings. The highest BCUT2D eigenvalue weighted by atomic mass is 35.5. The standard InChI is InChI=1S/C14H20ClNO/c1-10-5-7-16(8-6-10)14-4-3-12(11(2)17)9-13(14)15/h3-4,9-11,17H,5-8H2,1-2H3/t11-/m1/s1. The number of aliphatic hydroxyl groups is 1. The Kier molecular flexibility index (Phi) is 3.95. The van der Waals surface area contributed by atoms with Crippen LogP contribution in [-0.2, 0) is 0 Å². The van der Waals surface area contributed by atoms with Crippen LogP contribution in [0.3, 0.4) is 0 Å². The van der Waals surface area contributed by atoms with Gasteiger partial charge in [-0.3, -0.25) is 0 Å². The molecule has 1 aliphatic heterocycles. The zero-order valence-electron chi connectivity index (χ0n) is 10.5. The van der Waals surface area contributed by atoms with Crippen molar-refractivity contribution in [1.29, 1.82) is 0 Å². The van der Waals surface area contributed by atoms with E-state index in [1.54, 1.807) is 6.92 Å². The highest BCUT2D eigenvalue weighted by Crippen LogP contribution is 2.31. The number of hydrogen-bond acceptors (Lipinski definition) is 2. The lowest BCUT2D eigenvalue weighted by molar-refractivity contribution is 0.199. The van der Waals surface area contributed by atoms with Crippen LogP contribution in [0.15, 0.2) is 18.2 Å². The maximum atomic E-state index is 9.51. The summed E-state index contributed by atoms with van der Waals surface area (Å²) in [7, 11) is 0. The maximum Gasteiger partial charge on any atom is 0.0762 e. The lowest BCUT2D eigenvalue weighted by Gasteiger charge is -2.32. The van der Waals surface area contributed by atoms with Crippen LogP contribution < -0.4 is 4.90 Å². The van der Waals surface area contributed by atoms with E-state index in [2.05, 4.69) is 11.8 Å². The average molecular weight is 254 g/mol. The van der Waals surface area contributed by atoms with E-state index in [-0.39, 0.29) is 0 Å². The molecule has 94 valence electrons. The number of halogens is 1. The van der Waals surface area contributed by atoms with Gasteiger partial charge in [0.2, 0.25) is 0 Å². The summed E-state index contributed by atoms with van der Waals surface area (Å²) >= 11 is 6.29. The molecule has 1 aromatic rings. The molecule has 1 aromatic carbocycles. The van der Waals surface area contributed by atoms with Gasteiger partial charge < -0.3 is 10.0 Å². The van der Waals surface area contributed by atoms with Crippen molar-refractivity contribution in [2.24, 2.45) is 5.92 Å². The summed E-state index contributed by atoms with van der Waals surface area (Å²) < 4.78 is 0. The number of hydrogen-bond donors (Lipinski definition) is 1. The summed E-state index contributed by atoms with van der Waals surface area (Å²) in [5.41, 5.74) is 1.98. The Morgan fingerprint density at radius 2 is 2.00 bits per heavy atom. The Hall–Kier alpha value is -0.730. The van der Waals surface area contributed by atoms with E-state index in [9.17, 15) is 5.11 Å². The van der Waals surface area contributed by atoms with Gasteiger partial charge in [0, 0.05) is 13.1 Å². The first-order chi connectivity index (χ1) is 8.08. The molecule has 0 saturated carbocycles. The van der Waals surface area contributed by atoms with Crippen LogP contribution in [-0.4, -0.2) is 18.2 Å². The molecular weight excluding hydrogens is 234 g/mol. The number of rotatable bonds is 2. The Morgan fingerprint density at radius 1 is 1.35 bits per heavy atom. The molecule has 1 N–H and O–H groups in total. The van der Waals surface area contributed by atoms with Crippen molar-refractivity contribution in [3.05, 3.63) is 28.8 Å². The van der Waals surface area contributed by atoms with E-state index in [4.69, 9.17) is 11.6 Å². The minimum Gasteiger partial charge on any atom is -0.389 e. The fourth-order valence-corrected chi connectivity index (χ4v) is 2.60. The number of nitrogens with zero attached hydrogens (tertiary/aromatic N) is 1. The summed E-state index contributed by atoms with van der Waals surface area (Å²) in [6, 6.07) is 5.86. The molecule has 0 aliphatic carbocycles. The van der Waals surface area contributed by atoms with Gasteiger partial charge >= 0.3 is 0 Å². The lowest BCUT2D eigenvalue weighted by Crippen LogP contribution is -2.32. The van der Waals surface area contributed by atoms with Gasteiger partial charge in [-0.2, -0.15) is 0 Å². The van der Waals surface area contributed by atoms with Crippen LogP contribution >= 0.6 is 11.6 Å². The number of piperidine rings is 1. The smallest absolute Gasteiger partial charge is 0.0762 e. The molecule has 2 nitrogen and oxygen atoms in total. The monoisotopic (exact) mass is 253 g/mol. The number of anilines is 1. The molecular formula is C14H20ClNO. The number of aliphatic hydroxyl groups excluding tert-OH is 1. The van der Waals surface area contributed by atoms with Gasteiger partial charge in [-0.1, -0.05) is 24.6 Å². The molecule has 1 aliphatic rings. The third-order valence-electron chi connectivity index (χ3n) is 3.58. The third-order valence-corrected chi connectivity index (χ3v) is 3.88. The van der Waals surface area contributed by atoms with E-state index < -0.39 is 6.10 Å². The molecule has 1 saturated heterocycles. The van der Waals surface area contributed by atoms with Crippen molar-refractivity contribution < 1.29 is 5.11 Å². The molecule has 0 spiro atoms. The summed E-state index contributed by atoms with van der Waals surface area (Å²) in [4.78, 5) is 2.34. The van der Waals surface area contributed by atoms with Crippen LogP contribution in [0.5, 0.6) is 0 Å². The Labute approximate surface area is 108 Å². The normalized spacial score (nSPS) is 19.4. The summed E-state index contributed by atoms with van der Waals surface area (Å²) in [5.74, 6) is 0.821. The maximum absolute atomic E-state index is 9.51. The molecule has 0 bridgehead atoms. The predicted molar refractivity (Wildman–Crippen MR) is 72.7 cm³/mol. The van der Waals surface area contributed by atoms with Crippen LogP contribution in [0.4, 0.5) is 5.69 Å². The molecule has 17 heavy (non-hydrogen) atoms. The summed E-state index contributed by atoms with van der Waals surface area (Å²) in [5, 5.41) is 10.3. The fourth-order valence-electron chi connectivity index (χ4n) is 2.29. The van der Waals surface area contributed by atoms with E-state index in [1.807, 2.05) is 18.2 Å². The van der Waals surface area contributed by atoms with Gasteiger partial charge in [-0.15, -0.1) is 0 Å². The molecule has 3 heteroatoms. The van der Waals surface area contributed by atoms with Crippen molar-refractivity contribution in [2.45, 2.75) is 32.8 Å². The topological polar surface area (TPSA) is 23.5 Å². The minimum atomic E-state index is -0.456. The van der Waals surface area contributed by atoms with Gasteiger partial charge in [0.15, 0.2) is 0 Å².